The third kappa shape index (κ3) is 3.07. The fraction of sp³-hybridized carbons (Fsp3) is 0.562. The third-order valence-electron chi connectivity index (χ3n) is 4.41. The van der Waals surface area contributed by atoms with Gasteiger partial charge < -0.3 is 4.74 Å². The molecule has 2 aliphatic heterocycles. The summed E-state index contributed by atoms with van der Waals surface area (Å²) in [5, 5.41) is 0. The Bertz CT molecular complexity index is 491. The highest BCUT2D eigenvalue weighted by molar-refractivity contribution is 14.1. The summed E-state index contributed by atoms with van der Waals surface area (Å²) in [4.78, 5) is 12.8. The molecule has 2 nitrogen and oxygen atoms in total. The summed E-state index contributed by atoms with van der Waals surface area (Å²) in [5.74, 6) is 2.80. The number of hydrogen-bond acceptors (Lipinski definition) is 3. The molecule has 4 heteroatoms. The highest BCUT2D eigenvalue weighted by Gasteiger charge is 2.41. The molecule has 108 valence electrons. The Labute approximate surface area is 138 Å². The van der Waals surface area contributed by atoms with Crippen LogP contribution in [0, 0.1) is 9.49 Å². The molecule has 0 N–H and O–H groups in total. The van der Waals surface area contributed by atoms with Gasteiger partial charge in [0.2, 0.25) is 0 Å². The number of benzene rings is 1. The second-order valence-electron chi connectivity index (χ2n) is 5.68. The predicted octanol–water partition coefficient (Wildman–Crippen LogP) is 4.17. The van der Waals surface area contributed by atoms with Gasteiger partial charge in [-0.25, -0.2) is 0 Å². The van der Waals surface area contributed by atoms with Crippen molar-refractivity contribution < 1.29 is 9.53 Å². The monoisotopic (exact) mass is 402 g/mol. The summed E-state index contributed by atoms with van der Waals surface area (Å²) in [6, 6.07) is 7.92. The van der Waals surface area contributed by atoms with Crippen LogP contribution < -0.4 is 0 Å². The molecule has 3 rings (SSSR count). The molecule has 2 aliphatic rings. The van der Waals surface area contributed by atoms with Gasteiger partial charge in [-0.15, -0.1) is 0 Å². The number of ketones is 1. The first kappa shape index (κ1) is 14.9. The van der Waals surface area contributed by atoms with Gasteiger partial charge in [-0.1, -0.05) is 18.2 Å². The summed E-state index contributed by atoms with van der Waals surface area (Å²) in [7, 11) is 0. The van der Waals surface area contributed by atoms with E-state index in [0.29, 0.717) is 5.78 Å². The minimum atomic E-state index is -0.00988. The molecule has 1 unspecified atom stereocenters. The van der Waals surface area contributed by atoms with Crippen molar-refractivity contribution in [2.75, 3.05) is 18.1 Å². The zero-order valence-electron chi connectivity index (χ0n) is 11.4. The Kier molecular flexibility index (Phi) is 4.72. The summed E-state index contributed by atoms with van der Waals surface area (Å²) < 4.78 is 7.15. The summed E-state index contributed by atoms with van der Waals surface area (Å²) >= 11 is 4.27. The first-order valence-electron chi connectivity index (χ1n) is 7.21. The minimum Gasteiger partial charge on any atom is -0.375 e. The minimum absolute atomic E-state index is 0.00988. The highest BCUT2D eigenvalue weighted by atomic mass is 127. The van der Waals surface area contributed by atoms with Crippen molar-refractivity contribution in [3.63, 3.8) is 0 Å². The molecule has 2 saturated heterocycles. The van der Waals surface area contributed by atoms with Crippen LogP contribution in [0.1, 0.15) is 36.0 Å². The maximum atomic E-state index is 12.8. The number of rotatable bonds is 2. The van der Waals surface area contributed by atoms with Crippen molar-refractivity contribution in [2.45, 2.75) is 31.3 Å². The van der Waals surface area contributed by atoms with Crippen molar-refractivity contribution in [1.82, 2.24) is 0 Å². The Balaban J connectivity index is 1.77. The number of carbonyl (C=O) groups excluding carboxylic acids is 1. The number of hydrogen-bond donors (Lipinski definition) is 0. The fourth-order valence-electron chi connectivity index (χ4n) is 3.22. The molecule has 0 aliphatic carbocycles. The third-order valence-corrected chi connectivity index (χ3v) is 6.33. The second-order valence-corrected chi connectivity index (χ2v) is 8.06. The van der Waals surface area contributed by atoms with E-state index < -0.39 is 0 Å². The van der Waals surface area contributed by atoms with Crippen molar-refractivity contribution in [1.29, 1.82) is 0 Å². The van der Waals surface area contributed by atoms with Gasteiger partial charge in [0.1, 0.15) is 0 Å². The molecule has 0 amide bonds. The maximum absolute atomic E-state index is 12.8. The predicted molar refractivity (Wildman–Crippen MR) is 91.5 cm³/mol. The van der Waals surface area contributed by atoms with E-state index in [1.165, 1.54) is 11.5 Å². The Morgan fingerprint density at radius 2 is 2.05 bits per heavy atom. The zero-order valence-corrected chi connectivity index (χ0v) is 14.4. The Morgan fingerprint density at radius 3 is 2.80 bits per heavy atom. The molecule has 1 atom stereocenters. The molecular weight excluding hydrogens is 383 g/mol. The number of carbonyl (C=O) groups is 1. The number of halogens is 1. The average molecular weight is 402 g/mol. The summed E-state index contributed by atoms with van der Waals surface area (Å²) in [6.45, 7) is 0.741. The van der Waals surface area contributed by atoms with E-state index in [4.69, 9.17) is 4.74 Å². The lowest BCUT2D eigenvalue weighted by Gasteiger charge is -2.43. The van der Waals surface area contributed by atoms with Gasteiger partial charge in [-0.2, -0.15) is 11.8 Å². The van der Waals surface area contributed by atoms with E-state index in [9.17, 15) is 4.79 Å². The smallest absolute Gasteiger partial charge is 0.167 e. The average Bonchev–Trinajstić information content (AvgIpc) is 2.48. The standard InChI is InChI=1S/C16H19IO2S/c17-14-4-2-1-3-13(14)15(18)12-5-8-19-16(11-12)6-9-20-10-7-16/h1-4,12H,5-11H2. The molecule has 1 spiro atoms. The molecule has 2 heterocycles. The van der Waals surface area contributed by atoms with Gasteiger partial charge in [0.25, 0.3) is 0 Å². The van der Waals surface area contributed by atoms with E-state index in [1.807, 2.05) is 36.0 Å². The Morgan fingerprint density at radius 1 is 1.30 bits per heavy atom. The van der Waals surface area contributed by atoms with Gasteiger partial charge in [-0.3, -0.25) is 4.79 Å². The van der Waals surface area contributed by atoms with Crippen LogP contribution in [0.15, 0.2) is 24.3 Å². The SMILES string of the molecule is O=C(c1ccccc1I)C1CCOC2(CCSCC2)C1. The van der Waals surface area contributed by atoms with Crippen LogP contribution in [0.25, 0.3) is 0 Å². The van der Waals surface area contributed by atoms with E-state index in [2.05, 4.69) is 22.6 Å². The summed E-state index contributed by atoms with van der Waals surface area (Å²) in [5.41, 5.74) is 0.879. The normalized spacial score (nSPS) is 25.6. The fourth-order valence-corrected chi connectivity index (χ4v) is 5.11. The first-order valence-corrected chi connectivity index (χ1v) is 9.44. The number of Topliss-reactive ketones (excluding diaryl/α,β-unsaturated/α-hetero) is 1. The van der Waals surface area contributed by atoms with Crippen molar-refractivity contribution in [3.05, 3.63) is 33.4 Å². The second kappa shape index (κ2) is 6.36. The Hall–Kier alpha value is -0.0700. The van der Waals surface area contributed by atoms with Gasteiger partial charge in [-0.05, 0) is 65.8 Å². The molecule has 0 bridgehead atoms. The van der Waals surface area contributed by atoms with Crippen LogP contribution in [-0.2, 0) is 4.74 Å². The number of thioether (sulfide) groups is 1. The number of ether oxygens (including phenoxy) is 1. The van der Waals surface area contributed by atoms with Crippen LogP contribution in [0.2, 0.25) is 0 Å². The van der Waals surface area contributed by atoms with Crippen molar-refractivity contribution >= 4 is 40.1 Å². The zero-order chi connectivity index (χ0) is 14.0. The van der Waals surface area contributed by atoms with Gasteiger partial charge >= 0.3 is 0 Å². The molecule has 0 saturated carbocycles. The van der Waals surface area contributed by atoms with Crippen LogP contribution >= 0.6 is 34.4 Å². The van der Waals surface area contributed by atoms with Crippen LogP contribution in [-0.4, -0.2) is 29.5 Å². The van der Waals surface area contributed by atoms with Crippen LogP contribution in [0.5, 0.6) is 0 Å². The van der Waals surface area contributed by atoms with E-state index >= 15 is 0 Å². The van der Waals surface area contributed by atoms with Gasteiger partial charge in [0.15, 0.2) is 5.78 Å². The molecule has 0 aromatic heterocycles. The molecule has 1 aromatic rings. The van der Waals surface area contributed by atoms with E-state index in [1.54, 1.807) is 0 Å². The maximum Gasteiger partial charge on any atom is 0.167 e. The lowest BCUT2D eigenvalue weighted by molar-refractivity contribution is -0.0959. The lowest BCUT2D eigenvalue weighted by Crippen LogP contribution is -2.44. The first-order chi connectivity index (χ1) is 9.70. The van der Waals surface area contributed by atoms with Gasteiger partial charge in [0, 0.05) is 21.7 Å². The molecule has 1 aromatic carbocycles. The summed E-state index contributed by atoms with van der Waals surface area (Å²) in [6.07, 6.45) is 4.00. The van der Waals surface area contributed by atoms with E-state index in [0.717, 1.165) is 41.4 Å². The van der Waals surface area contributed by atoms with Crippen molar-refractivity contribution in [3.8, 4) is 0 Å². The van der Waals surface area contributed by atoms with E-state index in [-0.39, 0.29) is 11.5 Å². The largest absolute Gasteiger partial charge is 0.375 e. The molecule has 2 fully saturated rings. The van der Waals surface area contributed by atoms with Crippen LogP contribution in [0.3, 0.4) is 0 Å². The molecule has 0 radical (unpaired) electrons. The molecular formula is C16H19IO2S. The van der Waals surface area contributed by atoms with Gasteiger partial charge in [0.05, 0.1) is 5.60 Å². The lowest BCUT2D eigenvalue weighted by atomic mass is 9.79. The molecule has 20 heavy (non-hydrogen) atoms. The van der Waals surface area contributed by atoms with Crippen molar-refractivity contribution in [2.24, 2.45) is 5.92 Å². The topological polar surface area (TPSA) is 26.3 Å². The van der Waals surface area contributed by atoms with Crippen LogP contribution in [0.4, 0.5) is 0 Å². The quantitative estimate of drug-likeness (QED) is 0.549. The highest BCUT2D eigenvalue weighted by Crippen LogP contribution is 2.40.